The summed E-state index contributed by atoms with van der Waals surface area (Å²) in [5, 5.41) is 0. The van der Waals surface area contributed by atoms with Gasteiger partial charge in [0.15, 0.2) is 5.78 Å². The molecule has 0 aromatic heterocycles. The number of ether oxygens (including phenoxy) is 1. The van der Waals surface area contributed by atoms with Gasteiger partial charge in [-0.2, -0.15) is 0 Å². The number of allylic oxidation sites excluding steroid dienone is 1. The van der Waals surface area contributed by atoms with Gasteiger partial charge in [-0.25, -0.2) is 0 Å². The van der Waals surface area contributed by atoms with Crippen molar-refractivity contribution in [3.05, 3.63) is 11.6 Å². The van der Waals surface area contributed by atoms with Gasteiger partial charge in [0.25, 0.3) is 0 Å². The van der Waals surface area contributed by atoms with Crippen LogP contribution in [0, 0.1) is 51.8 Å². The fraction of sp³-hybridized carbons (Fsp3) is 0.852. The van der Waals surface area contributed by atoms with Crippen molar-refractivity contribution < 1.29 is 14.3 Å². The monoisotopic (exact) mass is 412 g/mol. The molecule has 1 aliphatic heterocycles. The molecule has 0 amide bonds. The summed E-state index contributed by atoms with van der Waals surface area (Å²) in [6.07, 6.45) is 7.52. The molecule has 3 heteroatoms. The summed E-state index contributed by atoms with van der Waals surface area (Å²) in [4.78, 5) is 24.7. The highest BCUT2D eigenvalue weighted by Crippen LogP contribution is 2.77. The summed E-state index contributed by atoms with van der Waals surface area (Å²) in [6.45, 7) is 17.1. The number of rotatable bonds is 0. The fourth-order valence-electron chi connectivity index (χ4n) is 10.4. The largest absolute Gasteiger partial charge is 0.458 e. The molecule has 5 rings (SSSR count). The van der Waals surface area contributed by atoms with Crippen LogP contribution in [-0.4, -0.2) is 17.4 Å². The van der Waals surface area contributed by atoms with Crippen LogP contribution in [0.1, 0.15) is 87.0 Å². The zero-order chi connectivity index (χ0) is 21.9. The zero-order valence-electron chi connectivity index (χ0n) is 20.0. The van der Waals surface area contributed by atoms with E-state index in [2.05, 4.69) is 48.5 Å². The first-order valence-corrected chi connectivity index (χ1v) is 12.4. The minimum atomic E-state index is -0.287. The first-order chi connectivity index (χ1) is 13.9. The maximum Gasteiger partial charge on any atom is 0.306 e. The number of hydrogen-bond acceptors (Lipinski definition) is 3. The van der Waals surface area contributed by atoms with E-state index in [1.807, 2.05) is 6.08 Å². The number of ketones is 1. The Morgan fingerprint density at radius 1 is 0.933 bits per heavy atom. The van der Waals surface area contributed by atoms with Crippen molar-refractivity contribution in [2.75, 3.05) is 0 Å². The van der Waals surface area contributed by atoms with Crippen molar-refractivity contribution in [2.24, 2.45) is 51.8 Å². The normalized spacial score (nSPS) is 57.5. The standard InChI is InChI=1S/C27H40O3/c1-15-17(3)26(7)21(24(5)11-8-19(28)14-20(15)24)9-12-25(6)23(26)16(2)18(4)27(25)13-10-22(29)30-27/h14-18,21,23H,8-13H2,1-7H3/t15-,16?,17+,18+,21?,23?,24+,25+,26-,27+/m1/s1. The molecule has 4 fully saturated rings. The van der Waals surface area contributed by atoms with Gasteiger partial charge in [-0.05, 0) is 78.1 Å². The highest BCUT2D eigenvalue weighted by atomic mass is 16.6. The van der Waals surface area contributed by atoms with Gasteiger partial charge in [-0.15, -0.1) is 0 Å². The molecule has 0 N–H and O–H groups in total. The lowest BCUT2D eigenvalue weighted by Gasteiger charge is -2.68. The van der Waals surface area contributed by atoms with Crippen LogP contribution in [0.5, 0.6) is 0 Å². The second-order valence-electron chi connectivity index (χ2n) is 12.4. The SMILES string of the molecule is CC1C2[C@@]3(C)C(CC[C@]2(C)[C@]2(CCC(=O)O2)[C@H]1C)[C@@]1(C)CCC(=O)C=C1[C@H](C)[C@@H]3C. The molecule has 1 heterocycles. The number of carbonyl (C=O) groups is 2. The van der Waals surface area contributed by atoms with Gasteiger partial charge in [-0.1, -0.05) is 54.0 Å². The Bertz CT molecular complexity index is 843. The molecule has 3 nitrogen and oxygen atoms in total. The van der Waals surface area contributed by atoms with Gasteiger partial charge < -0.3 is 4.74 Å². The highest BCUT2D eigenvalue weighted by molar-refractivity contribution is 5.91. The van der Waals surface area contributed by atoms with Gasteiger partial charge in [-0.3, -0.25) is 9.59 Å². The van der Waals surface area contributed by atoms with Gasteiger partial charge in [0, 0.05) is 18.3 Å². The minimum absolute atomic E-state index is 0.0104. The van der Waals surface area contributed by atoms with Gasteiger partial charge in [0.05, 0.1) is 0 Å². The third kappa shape index (κ3) is 2.09. The summed E-state index contributed by atoms with van der Waals surface area (Å²) in [6, 6.07) is 0. The molecule has 3 unspecified atom stereocenters. The maximum absolute atomic E-state index is 12.4. The number of esters is 1. The van der Waals surface area contributed by atoms with E-state index < -0.39 is 0 Å². The number of fused-ring (bicyclic) bond motifs is 6. The lowest BCUT2D eigenvalue weighted by molar-refractivity contribution is -0.201. The molecular weight excluding hydrogens is 372 g/mol. The van der Waals surface area contributed by atoms with Crippen molar-refractivity contribution in [1.29, 1.82) is 0 Å². The molecule has 30 heavy (non-hydrogen) atoms. The maximum atomic E-state index is 12.4. The average molecular weight is 413 g/mol. The van der Waals surface area contributed by atoms with Gasteiger partial charge in [0.2, 0.25) is 0 Å². The van der Waals surface area contributed by atoms with Crippen molar-refractivity contribution in [2.45, 2.75) is 92.6 Å². The molecule has 5 aliphatic rings. The summed E-state index contributed by atoms with van der Waals surface area (Å²) in [7, 11) is 0. The molecule has 4 aliphatic carbocycles. The van der Waals surface area contributed by atoms with Crippen LogP contribution >= 0.6 is 0 Å². The molecule has 0 aromatic carbocycles. The van der Waals surface area contributed by atoms with E-state index in [0.29, 0.717) is 54.1 Å². The summed E-state index contributed by atoms with van der Waals surface area (Å²) in [5.74, 6) is 3.33. The van der Waals surface area contributed by atoms with Crippen LogP contribution in [0.4, 0.5) is 0 Å². The van der Waals surface area contributed by atoms with Crippen LogP contribution in [-0.2, 0) is 14.3 Å². The van der Waals surface area contributed by atoms with Crippen LogP contribution in [0.3, 0.4) is 0 Å². The number of hydrogen-bond donors (Lipinski definition) is 0. The predicted octanol–water partition coefficient (Wildman–Crippen LogP) is 5.97. The quantitative estimate of drug-likeness (QED) is 0.461. The topological polar surface area (TPSA) is 43.4 Å². The molecular formula is C27H40O3. The van der Waals surface area contributed by atoms with E-state index in [1.165, 1.54) is 12.0 Å². The molecule has 0 aromatic rings. The third-order valence-electron chi connectivity index (χ3n) is 11.9. The third-order valence-corrected chi connectivity index (χ3v) is 11.9. The van der Waals surface area contributed by atoms with Gasteiger partial charge >= 0.3 is 5.97 Å². The average Bonchev–Trinajstić information content (AvgIpc) is 3.16. The van der Waals surface area contributed by atoms with E-state index in [4.69, 9.17) is 4.74 Å². The molecule has 1 spiro atoms. The number of carbonyl (C=O) groups excluding carboxylic acids is 2. The lowest BCUT2D eigenvalue weighted by Crippen LogP contribution is -2.64. The Kier molecular flexibility index (Phi) is 4.16. The molecule has 3 saturated carbocycles. The van der Waals surface area contributed by atoms with Crippen LogP contribution < -0.4 is 0 Å². The van der Waals surface area contributed by atoms with E-state index in [1.54, 1.807) is 0 Å². The van der Waals surface area contributed by atoms with Gasteiger partial charge in [0.1, 0.15) is 5.60 Å². The lowest BCUT2D eigenvalue weighted by atomic mass is 9.36. The smallest absolute Gasteiger partial charge is 0.306 e. The molecule has 0 radical (unpaired) electrons. The molecule has 10 atom stereocenters. The Labute approximate surface area is 182 Å². The fourth-order valence-corrected chi connectivity index (χ4v) is 10.4. The zero-order valence-corrected chi connectivity index (χ0v) is 20.0. The van der Waals surface area contributed by atoms with Crippen molar-refractivity contribution in [3.8, 4) is 0 Å². The van der Waals surface area contributed by atoms with Crippen molar-refractivity contribution in [3.63, 3.8) is 0 Å². The molecule has 166 valence electrons. The van der Waals surface area contributed by atoms with E-state index in [9.17, 15) is 9.59 Å². The van der Waals surface area contributed by atoms with E-state index in [-0.39, 0.29) is 27.8 Å². The Morgan fingerprint density at radius 2 is 1.63 bits per heavy atom. The Balaban J connectivity index is 1.67. The molecule has 0 bridgehead atoms. The predicted molar refractivity (Wildman–Crippen MR) is 118 cm³/mol. The van der Waals surface area contributed by atoms with Crippen LogP contribution in [0.25, 0.3) is 0 Å². The Morgan fingerprint density at radius 3 is 2.27 bits per heavy atom. The summed E-state index contributed by atoms with van der Waals surface area (Å²) < 4.78 is 6.30. The minimum Gasteiger partial charge on any atom is -0.458 e. The van der Waals surface area contributed by atoms with E-state index >= 15 is 0 Å². The first kappa shape index (κ1) is 20.8. The Hall–Kier alpha value is -1.12. The summed E-state index contributed by atoms with van der Waals surface area (Å²) >= 11 is 0. The summed E-state index contributed by atoms with van der Waals surface area (Å²) in [5.41, 5.74) is 1.49. The van der Waals surface area contributed by atoms with Crippen molar-refractivity contribution in [1.82, 2.24) is 0 Å². The van der Waals surface area contributed by atoms with Crippen LogP contribution in [0.15, 0.2) is 11.6 Å². The van der Waals surface area contributed by atoms with E-state index in [0.717, 1.165) is 19.3 Å². The second-order valence-corrected chi connectivity index (χ2v) is 12.4. The van der Waals surface area contributed by atoms with Crippen LogP contribution in [0.2, 0.25) is 0 Å². The first-order valence-electron chi connectivity index (χ1n) is 12.4. The highest BCUT2D eigenvalue weighted by Gasteiger charge is 2.76. The van der Waals surface area contributed by atoms with Crippen molar-refractivity contribution >= 4 is 11.8 Å². The second kappa shape index (κ2) is 6.01. The molecule has 1 saturated heterocycles.